The topological polar surface area (TPSA) is 34.0 Å². The van der Waals surface area contributed by atoms with E-state index in [1.54, 1.807) is 0 Å². The quantitative estimate of drug-likeness (QED) is 0.732. The number of rotatable bonds is 1. The fourth-order valence-corrected chi connectivity index (χ4v) is 6.17. The van der Waals surface area contributed by atoms with Gasteiger partial charge < -0.3 is 4.74 Å². The zero-order chi connectivity index (χ0) is 14.5. The van der Waals surface area contributed by atoms with Gasteiger partial charge in [-0.1, -0.05) is 24.3 Å². The Morgan fingerprint density at radius 3 is 3.14 bits per heavy atom. The molecule has 2 aliphatic carbocycles. The number of fused-ring (bicyclic) bond motifs is 3. The summed E-state index contributed by atoms with van der Waals surface area (Å²) in [5, 5.41) is 0. The molecular formula is C19H18N2O. The number of ether oxygens (including phenoxy) is 1. The smallest absolute Gasteiger partial charge is 0.0969 e. The molecule has 3 fully saturated rings. The molecule has 6 aliphatic rings. The molecule has 3 heteroatoms. The molecule has 1 spiro atoms. The summed E-state index contributed by atoms with van der Waals surface area (Å²) in [6.07, 6.45) is 6.76. The van der Waals surface area contributed by atoms with Crippen LogP contribution in [0.4, 0.5) is 5.69 Å². The van der Waals surface area contributed by atoms with Gasteiger partial charge in [-0.05, 0) is 30.4 Å². The van der Waals surface area contributed by atoms with Gasteiger partial charge in [0.2, 0.25) is 0 Å². The Labute approximate surface area is 129 Å². The average Bonchev–Trinajstić information content (AvgIpc) is 2.90. The van der Waals surface area contributed by atoms with E-state index in [0.29, 0.717) is 17.9 Å². The highest BCUT2D eigenvalue weighted by Gasteiger charge is 2.72. The minimum Gasteiger partial charge on any atom is -0.372 e. The van der Waals surface area contributed by atoms with E-state index in [1.807, 2.05) is 0 Å². The SMILES string of the molecule is C=C[C@@]12C=N[C@@H]3CC14C(=Nc1ccccc14)[C@H]1C[C@@H]2C3CO1. The fourth-order valence-electron chi connectivity index (χ4n) is 6.17. The maximum absolute atomic E-state index is 6.23. The Morgan fingerprint density at radius 2 is 2.23 bits per heavy atom. The normalized spacial score (nSPS) is 48.8. The van der Waals surface area contributed by atoms with Gasteiger partial charge in [-0.15, -0.1) is 6.58 Å². The summed E-state index contributed by atoms with van der Waals surface area (Å²) in [5.74, 6) is 1.16. The number of aliphatic imine (C=N–C) groups is 2. The Balaban J connectivity index is 1.75. The predicted octanol–water partition coefficient (Wildman–Crippen LogP) is 3.07. The van der Waals surface area contributed by atoms with Crippen molar-refractivity contribution in [3.05, 3.63) is 42.5 Å². The lowest BCUT2D eigenvalue weighted by atomic mass is 9.39. The highest BCUT2D eigenvalue weighted by molar-refractivity contribution is 6.10. The number of hydrogen-bond acceptors (Lipinski definition) is 3. The third-order valence-corrected chi connectivity index (χ3v) is 7.00. The van der Waals surface area contributed by atoms with Gasteiger partial charge in [0, 0.05) is 17.5 Å². The molecule has 6 atom stereocenters. The Hall–Kier alpha value is -1.74. The van der Waals surface area contributed by atoms with Crippen molar-refractivity contribution < 1.29 is 4.74 Å². The van der Waals surface area contributed by atoms with E-state index in [0.717, 1.165) is 25.1 Å². The second-order valence-electron chi connectivity index (χ2n) is 7.43. The van der Waals surface area contributed by atoms with Crippen LogP contribution in [-0.4, -0.2) is 30.7 Å². The van der Waals surface area contributed by atoms with Gasteiger partial charge >= 0.3 is 0 Å². The lowest BCUT2D eigenvalue weighted by molar-refractivity contribution is -0.106. The molecular weight excluding hydrogens is 272 g/mol. The molecule has 0 aromatic heterocycles. The molecule has 4 aliphatic heterocycles. The van der Waals surface area contributed by atoms with Crippen LogP contribution in [0.15, 0.2) is 46.9 Å². The van der Waals surface area contributed by atoms with E-state index < -0.39 is 0 Å². The lowest BCUT2D eigenvalue weighted by Crippen LogP contribution is -2.73. The van der Waals surface area contributed by atoms with Crippen molar-refractivity contribution in [1.29, 1.82) is 0 Å². The molecule has 22 heavy (non-hydrogen) atoms. The average molecular weight is 290 g/mol. The second kappa shape index (κ2) is 3.43. The van der Waals surface area contributed by atoms with Crippen molar-refractivity contribution in [3.63, 3.8) is 0 Å². The summed E-state index contributed by atoms with van der Waals surface area (Å²) in [7, 11) is 0. The number of allylic oxidation sites excluding steroid dienone is 1. The van der Waals surface area contributed by atoms with Crippen molar-refractivity contribution in [1.82, 2.24) is 0 Å². The summed E-state index contributed by atoms with van der Waals surface area (Å²) >= 11 is 0. The van der Waals surface area contributed by atoms with Crippen molar-refractivity contribution >= 4 is 17.6 Å². The largest absolute Gasteiger partial charge is 0.372 e. The summed E-state index contributed by atoms with van der Waals surface area (Å²) in [4.78, 5) is 9.95. The van der Waals surface area contributed by atoms with Gasteiger partial charge in [0.25, 0.3) is 0 Å². The van der Waals surface area contributed by atoms with E-state index in [2.05, 4.69) is 43.1 Å². The van der Waals surface area contributed by atoms with Gasteiger partial charge in [0.1, 0.15) is 0 Å². The van der Waals surface area contributed by atoms with Crippen molar-refractivity contribution in [2.24, 2.45) is 27.2 Å². The zero-order valence-corrected chi connectivity index (χ0v) is 12.4. The van der Waals surface area contributed by atoms with E-state index in [-0.39, 0.29) is 16.9 Å². The van der Waals surface area contributed by atoms with E-state index in [9.17, 15) is 0 Å². The molecule has 0 amide bonds. The molecule has 1 saturated heterocycles. The monoisotopic (exact) mass is 290 g/mol. The lowest BCUT2D eigenvalue weighted by Gasteiger charge is -2.67. The first-order chi connectivity index (χ1) is 10.8. The van der Waals surface area contributed by atoms with Crippen LogP contribution in [0.1, 0.15) is 18.4 Å². The van der Waals surface area contributed by atoms with E-state index >= 15 is 0 Å². The summed E-state index contributed by atoms with van der Waals surface area (Å²) in [6, 6.07) is 9.02. The van der Waals surface area contributed by atoms with Crippen LogP contribution in [-0.2, 0) is 10.2 Å². The first-order valence-electron chi connectivity index (χ1n) is 8.28. The van der Waals surface area contributed by atoms with Crippen molar-refractivity contribution in [3.8, 4) is 0 Å². The maximum Gasteiger partial charge on any atom is 0.0969 e. The van der Waals surface area contributed by atoms with Gasteiger partial charge in [-0.3, -0.25) is 9.98 Å². The highest BCUT2D eigenvalue weighted by atomic mass is 16.5. The predicted molar refractivity (Wildman–Crippen MR) is 86.1 cm³/mol. The van der Waals surface area contributed by atoms with Crippen molar-refractivity contribution in [2.75, 3.05) is 6.61 Å². The van der Waals surface area contributed by atoms with E-state index in [1.165, 1.54) is 11.3 Å². The van der Waals surface area contributed by atoms with Crippen LogP contribution in [0.5, 0.6) is 0 Å². The number of para-hydroxylation sites is 1. The molecule has 0 N–H and O–H groups in total. The minimum atomic E-state index is -0.0713. The van der Waals surface area contributed by atoms with Crippen LogP contribution in [0.25, 0.3) is 0 Å². The molecule has 2 unspecified atom stereocenters. The fraction of sp³-hybridized carbons (Fsp3) is 0.474. The maximum atomic E-state index is 6.23. The van der Waals surface area contributed by atoms with Crippen LogP contribution in [0, 0.1) is 17.3 Å². The first-order valence-corrected chi connectivity index (χ1v) is 8.28. The minimum absolute atomic E-state index is 0.0533. The van der Waals surface area contributed by atoms with Crippen LogP contribution < -0.4 is 0 Å². The zero-order valence-electron chi connectivity index (χ0n) is 12.4. The highest BCUT2D eigenvalue weighted by Crippen LogP contribution is 2.69. The van der Waals surface area contributed by atoms with Gasteiger partial charge in [0.15, 0.2) is 0 Å². The standard InChI is InChI=1S/C19H18N2O/c1-2-18-10-20-15-8-19(18)12-5-3-4-6-14(12)21-17(19)16-7-13(18)11(15)9-22-16/h2-6,10-11,13,15-16H,1,7-9H2/t11?,13-,15-,16-,18+,19?/m1/s1. The molecule has 1 aromatic carbocycles. The molecule has 1 aromatic rings. The Bertz CT molecular complexity index is 781. The number of benzene rings is 1. The van der Waals surface area contributed by atoms with Gasteiger partial charge in [0.05, 0.1) is 35.6 Å². The third-order valence-electron chi connectivity index (χ3n) is 7.00. The van der Waals surface area contributed by atoms with E-state index in [4.69, 9.17) is 14.7 Å². The Morgan fingerprint density at radius 1 is 1.32 bits per heavy atom. The molecule has 0 radical (unpaired) electrons. The number of hydrogen-bond donors (Lipinski definition) is 0. The van der Waals surface area contributed by atoms with Crippen LogP contribution in [0.2, 0.25) is 0 Å². The van der Waals surface area contributed by atoms with Gasteiger partial charge in [-0.25, -0.2) is 0 Å². The molecule has 110 valence electrons. The Kier molecular flexibility index (Phi) is 1.84. The summed E-state index contributed by atoms with van der Waals surface area (Å²) < 4.78 is 6.23. The molecule has 2 saturated carbocycles. The third kappa shape index (κ3) is 0.960. The molecule has 3 nitrogen and oxygen atoms in total. The molecule has 7 rings (SSSR count). The van der Waals surface area contributed by atoms with Crippen molar-refractivity contribution in [2.45, 2.75) is 30.4 Å². The first kappa shape index (κ1) is 11.8. The molecule has 4 heterocycles. The molecule has 5 bridgehead atoms. The van der Waals surface area contributed by atoms with Crippen LogP contribution >= 0.6 is 0 Å². The van der Waals surface area contributed by atoms with Gasteiger partial charge in [-0.2, -0.15) is 0 Å². The summed E-state index contributed by atoms with van der Waals surface area (Å²) in [6.45, 7) is 5.09. The second-order valence-corrected chi connectivity index (χ2v) is 7.43. The van der Waals surface area contributed by atoms with Crippen LogP contribution in [0.3, 0.4) is 0 Å². The number of nitrogens with zero attached hydrogens (tertiary/aromatic N) is 2. The summed E-state index contributed by atoms with van der Waals surface area (Å²) in [5.41, 5.74) is 3.63.